The van der Waals surface area contributed by atoms with Crippen LogP contribution in [0.25, 0.3) is 0 Å². The van der Waals surface area contributed by atoms with Gasteiger partial charge in [0.1, 0.15) is 0 Å². The average Bonchev–Trinajstić information content (AvgIpc) is 2.78. The van der Waals surface area contributed by atoms with Gasteiger partial charge in [-0.1, -0.05) is 13.3 Å². The zero-order valence-electron chi connectivity index (χ0n) is 12.2. The SMILES string of the molecule is CCCCNc1nc(C)cn1CCN1CCOCC1. The summed E-state index contributed by atoms with van der Waals surface area (Å²) in [7, 11) is 0. The number of hydrogen-bond donors (Lipinski definition) is 1. The van der Waals surface area contributed by atoms with Crippen molar-refractivity contribution in [2.75, 3.05) is 44.7 Å². The molecule has 108 valence electrons. The summed E-state index contributed by atoms with van der Waals surface area (Å²) in [6.45, 7) is 11.2. The Morgan fingerprint density at radius 2 is 2.11 bits per heavy atom. The standard InChI is InChI=1S/C14H26N4O/c1-3-4-5-15-14-16-13(2)12-18(14)7-6-17-8-10-19-11-9-17/h12H,3-11H2,1-2H3,(H,15,16). The lowest BCUT2D eigenvalue weighted by atomic mass is 10.3. The molecule has 0 amide bonds. The number of nitrogens with one attached hydrogen (secondary N) is 1. The topological polar surface area (TPSA) is 42.3 Å². The van der Waals surface area contributed by atoms with Gasteiger partial charge < -0.3 is 14.6 Å². The minimum atomic E-state index is 0.866. The average molecular weight is 266 g/mol. The highest BCUT2D eigenvalue weighted by molar-refractivity contribution is 5.28. The highest BCUT2D eigenvalue weighted by Crippen LogP contribution is 2.09. The van der Waals surface area contributed by atoms with Crippen LogP contribution in [0.3, 0.4) is 0 Å². The molecule has 2 rings (SSSR count). The summed E-state index contributed by atoms with van der Waals surface area (Å²) in [5.74, 6) is 1.01. The van der Waals surface area contributed by atoms with E-state index in [1.165, 1.54) is 12.8 Å². The molecule has 0 radical (unpaired) electrons. The molecule has 1 fully saturated rings. The largest absolute Gasteiger partial charge is 0.379 e. The molecular weight excluding hydrogens is 240 g/mol. The van der Waals surface area contributed by atoms with Gasteiger partial charge in [-0.05, 0) is 13.3 Å². The van der Waals surface area contributed by atoms with Crippen LogP contribution in [0.2, 0.25) is 0 Å². The number of hydrogen-bond acceptors (Lipinski definition) is 4. The fraction of sp³-hybridized carbons (Fsp3) is 0.786. The van der Waals surface area contributed by atoms with Gasteiger partial charge >= 0.3 is 0 Å². The molecule has 2 heterocycles. The van der Waals surface area contributed by atoms with Crippen molar-refractivity contribution in [3.05, 3.63) is 11.9 Å². The molecule has 19 heavy (non-hydrogen) atoms. The van der Waals surface area contributed by atoms with Crippen molar-refractivity contribution >= 4 is 5.95 Å². The predicted octanol–water partition coefficient (Wildman–Crippen LogP) is 1.74. The number of nitrogens with zero attached hydrogens (tertiary/aromatic N) is 3. The second-order valence-electron chi connectivity index (χ2n) is 5.13. The number of unbranched alkanes of at least 4 members (excludes halogenated alkanes) is 1. The van der Waals surface area contributed by atoms with Crippen molar-refractivity contribution in [1.29, 1.82) is 0 Å². The monoisotopic (exact) mass is 266 g/mol. The third-order valence-corrected chi connectivity index (χ3v) is 3.47. The summed E-state index contributed by atoms with van der Waals surface area (Å²) < 4.78 is 7.61. The lowest BCUT2D eigenvalue weighted by Crippen LogP contribution is -2.38. The van der Waals surface area contributed by atoms with Crippen LogP contribution in [0.4, 0.5) is 5.95 Å². The summed E-state index contributed by atoms with van der Waals surface area (Å²) in [4.78, 5) is 7.01. The molecule has 1 saturated heterocycles. The smallest absolute Gasteiger partial charge is 0.203 e. The van der Waals surface area contributed by atoms with Gasteiger partial charge in [-0.15, -0.1) is 0 Å². The number of morpholine rings is 1. The van der Waals surface area contributed by atoms with Gasteiger partial charge in [0.15, 0.2) is 0 Å². The van der Waals surface area contributed by atoms with Crippen LogP contribution in [0.1, 0.15) is 25.5 Å². The van der Waals surface area contributed by atoms with Crippen LogP contribution in [-0.2, 0) is 11.3 Å². The molecule has 0 saturated carbocycles. The molecule has 1 aliphatic rings. The quantitative estimate of drug-likeness (QED) is 0.763. The van der Waals surface area contributed by atoms with Crippen LogP contribution in [0.5, 0.6) is 0 Å². The van der Waals surface area contributed by atoms with E-state index in [-0.39, 0.29) is 0 Å². The molecule has 5 heteroatoms. The molecular formula is C14H26N4O. The van der Waals surface area contributed by atoms with E-state index in [0.717, 1.165) is 57.6 Å². The Morgan fingerprint density at radius 1 is 1.32 bits per heavy atom. The fourth-order valence-electron chi connectivity index (χ4n) is 2.31. The van der Waals surface area contributed by atoms with Crippen molar-refractivity contribution in [3.8, 4) is 0 Å². The fourth-order valence-corrected chi connectivity index (χ4v) is 2.31. The zero-order valence-corrected chi connectivity index (χ0v) is 12.2. The first-order chi connectivity index (χ1) is 9.29. The number of aromatic nitrogens is 2. The van der Waals surface area contributed by atoms with E-state index in [0.29, 0.717) is 0 Å². The second kappa shape index (κ2) is 7.50. The Balaban J connectivity index is 1.83. The zero-order chi connectivity index (χ0) is 13.5. The van der Waals surface area contributed by atoms with Gasteiger partial charge in [0.25, 0.3) is 0 Å². The molecule has 0 aliphatic carbocycles. The Kier molecular flexibility index (Phi) is 5.66. The maximum atomic E-state index is 5.37. The number of imidazole rings is 1. The van der Waals surface area contributed by atoms with E-state index in [1.54, 1.807) is 0 Å². The summed E-state index contributed by atoms with van der Waals surface area (Å²) in [5, 5.41) is 3.43. The minimum absolute atomic E-state index is 0.866. The summed E-state index contributed by atoms with van der Waals surface area (Å²) in [5.41, 5.74) is 1.08. The van der Waals surface area contributed by atoms with Crippen molar-refractivity contribution in [3.63, 3.8) is 0 Å². The number of aryl methyl sites for hydroxylation is 1. The molecule has 0 aromatic carbocycles. The Morgan fingerprint density at radius 3 is 2.84 bits per heavy atom. The van der Waals surface area contributed by atoms with Crippen molar-refractivity contribution in [2.24, 2.45) is 0 Å². The first kappa shape index (κ1) is 14.3. The molecule has 0 bridgehead atoms. The van der Waals surface area contributed by atoms with E-state index in [9.17, 15) is 0 Å². The van der Waals surface area contributed by atoms with Gasteiger partial charge in [0, 0.05) is 38.9 Å². The van der Waals surface area contributed by atoms with E-state index in [1.807, 2.05) is 0 Å². The highest BCUT2D eigenvalue weighted by Gasteiger charge is 2.11. The van der Waals surface area contributed by atoms with Crippen molar-refractivity contribution < 1.29 is 4.74 Å². The summed E-state index contributed by atoms with van der Waals surface area (Å²) >= 11 is 0. The summed E-state index contributed by atoms with van der Waals surface area (Å²) in [6.07, 6.45) is 4.53. The van der Waals surface area contributed by atoms with Crippen LogP contribution < -0.4 is 5.32 Å². The number of ether oxygens (including phenoxy) is 1. The van der Waals surface area contributed by atoms with Crippen molar-refractivity contribution in [1.82, 2.24) is 14.5 Å². The van der Waals surface area contributed by atoms with Crippen LogP contribution >= 0.6 is 0 Å². The third-order valence-electron chi connectivity index (χ3n) is 3.47. The number of anilines is 1. The Labute approximate surface area is 116 Å². The van der Waals surface area contributed by atoms with Crippen molar-refractivity contribution in [2.45, 2.75) is 33.2 Å². The Hall–Kier alpha value is -1.07. The van der Waals surface area contributed by atoms with Gasteiger partial charge in [0.05, 0.1) is 18.9 Å². The maximum Gasteiger partial charge on any atom is 0.203 e. The first-order valence-corrected chi connectivity index (χ1v) is 7.37. The molecule has 0 unspecified atom stereocenters. The van der Waals surface area contributed by atoms with Gasteiger partial charge in [-0.3, -0.25) is 4.90 Å². The molecule has 1 N–H and O–H groups in total. The second-order valence-corrected chi connectivity index (χ2v) is 5.13. The molecule has 0 spiro atoms. The van der Waals surface area contributed by atoms with E-state index in [2.05, 4.69) is 39.8 Å². The Bertz CT molecular complexity index is 372. The van der Waals surface area contributed by atoms with Crippen LogP contribution in [0, 0.1) is 6.92 Å². The number of rotatable bonds is 7. The van der Waals surface area contributed by atoms with Gasteiger partial charge in [-0.2, -0.15) is 0 Å². The first-order valence-electron chi connectivity index (χ1n) is 7.37. The van der Waals surface area contributed by atoms with E-state index < -0.39 is 0 Å². The normalized spacial score (nSPS) is 16.7. The van der Waals surface area contributed by atoms with Crippen LogP contribution in [0.15, 0.2) is 6.20 Å². The van der Waals surface area contributed by atoms with E-state index in [4.69, 9.17) is 4.74 Å². The molecule has 5 nitrogen and oxygen atoms in total. The predicted molar refractivity (Wildman–Crippen MR) is 77.6 cm³/mol. The lowest BCUT2D eigenvalue weighted by molar-refractivity contribution is 0.0364. The lowest BCUT2D eigenvalue weighted by Gasteiger charge is -2.26. The molecule has 1 aromatic heterocycles. The minimum Gasteiger partial charge on any atom is -0.379 e. The van der Waals surface area contributed by atoms with Gasteiger partial charge in [-0.25, -0.2) is 4.98 Å². The molecule has 1 aromatic rings. The highest BCUT2D eigenvalue weighted by atomic mass is 16.5. The third kappa shape index (κ3) is 4.51. The van der Waals surface area contributed by atoms with Gasteiger partial charge in [0.2, 0.25) is 5.95 Å². The molecule has 0 atom stereocenters. The summed E-state index contributed by atoms with van der Waals surface area (Å²) in [6, 6.07) is 0. The molecule has 1 aliphatic heterocycles. The van der Waals surface area contributed by atoms with Crippen LogP contribution in [-0.4, -0.2) is 53.8 Å². The maximum absolute atomic E-state index is 5.37. The van der Waals surface area contributed by atoms with E-state index >= 15 is 0 Å².